The van der Waals surface area contributed by atoms with Gasteiger partial charge in [0.2, 0.25) is 5.91 Å². The lowest BCUT2D eigenvalue weighted by Crippen LogP contribution is -2.44. The van der Waals surface area contributed by atoms with Crippen molar-refractivity contribution in [2.75, 3.05) is 13.1 Å². The Morgan fingerprint density at radius 1 is 1.09 bits per heavy atom. The highest BCUT2D eigenvalue weighted by Gasteiger charge is 2.55. The molecule has 0 aromatic heterocycles. The highest BCUT2D eigenvalue weighted by Crippen LogP contribution is 2.38. The fourth-order valence-corrected chi connectivity index (χ4v) is 3.70. The lowest BCUT2D eigenvalue weighted by Gasteiger charge is -2.32. The maximum Gasteiger partial charge on any atom is 0.328 e. The number of nitrogens with two attached hydrogens (primary N) is 1. The Morgan fingerprint density at radius 3 is 2.30 bits per heavy atom. The number of rotatable bonds is 9. The molecule has 172 valence electrons. The Labute approximate surface area is 190 Å². The van der Waals surface area contributed by atoms with Gasteiger partial charge in [0.25, 0.3) is 5.91 Å². The minimum Gasteiger partial charge on any atom is -0.481 e. The van der Waals surface area contributed by atoms with Crippen LogP contribution in [0.3, 0.4) is 0 Å². The van der Waals surface area contributed by atoms with Crippen LogP contribution < -0.4 is 11.1 Å². The van der Waals surface area contributed by atoms with Crippen molar-refractivity contribution in [1.82, 2.24) is 15.1 Å². The summed E-state index contributed by atoms with van der Waals surface area (Å²) in [5.74, 6) is -2.40. The number of carboxylic acids is 1. The Hall–Kier alpha value is -4.21. The first-order valence-corrected chi connectivity index (χ1v) is 10.3. The van der Waals surface area contributed by atoms with Gasteiger partial charge in [-0.25, -0.2) is 4.79 Å². The van der Waals surface area contributed by atoms with E-state index in [9.17, 15) is 19.2 Å². The summed E-state index contributed by atoms with van der Waals surface area (Å²) in [4.78, 5) is 52.0. The van der Waals surface area contributed by atoms with Crippen molar-refractivity contribution in [3.05, 3.63) is 71.3 Å². The van der Waals surface area contributed by atoms with Crippen LogP contribution in [0, 0.1) is 5.41 Å². The molecule has 0 bridgehead atoms. The molecule has 1 aliphatic heterocycles. The lowest BCUT2D eigenvalue weighted by molar-refractivity contribution is -0.138. The zero-order valence-electron chi connectivity index (χ0n) is 18.1. The number of carbonyl (C=O) groups is 4. The molecule has 10 heteroatoms. The molecular weight excluding hydrogens is 426 g/mol. The van der Waals surface area contributed by atoms with Crippen LogP contribution in [0.2, 0.25) is 0 Å². The van der Waals surface area contributed by atoms with Gasteiger partial charge in [-0.15, -0.1) is 0 Å². The molecule has 10 nitrogen and oxygen atoms in total. The van der Waals surface area contributed by atoms with Gasteiger partial charge in [0, 0.05) is 18.7 Å². The second kappa shape index (κ2) is 9.51. The van der Waals surface area contributed by atoms with Gasteiger partial charge in [-0.05, 0) is 18.1 Å². The zero-order chi connectivity index (χ0) is 24.2. The average Bonchev–Trinajstić information content (AvgIpc) is 2.96. The molecule has 33 heavy (non-hydrogen) atoms. The highest BCUT2D eigenvalue weighted by atomic mass is 16.4. The summed E-state index contributed by atoms with van der Waals surface area (Å²) in [6.45, 7) is 1.11. The van der Waals surface area contributed by atoms with Gasteiger partial charge in [0.05, 0.1) is 6.42 Å². The maximum atomic E-state index is 13.5. The zero-order valence-corrected chi connectivity index (χ0v) is 18.1. The minimum absolute atomic E-state index is 0.109. The van der Waals surface area contributed by atoms with Crippen molar-refractivity contribution in [2.24, 2.45) is 5.73 Å². The number of nitrogens with one attached hydrogen (secondary N) is 2. The van der Waals surface area contributed by atoms with Crippen LogP contribution in [0.25, 0.3) is 0 Å². The van der Waals surface area contributed by atoms with Crippen LogP contribution in [0.5, 0.6) is 0 Å². The Kier molecular flexibility index (Phi) is 6.76. The molecule has 4 amide bonds. The van der Waals surface area contributed by atoms with Crippen molar-refractivity contribution >= 4 is 29.7 Å². The molecule has 1 heterocycles. The van der Waals surface area contributed by atoms with Gasteiger partial charge in [-0.1, -0.05) is 54.6 Å². The molecular formula is C23H25N5O5. The van der Waals surface area contributed by atoms with Gasteiger partial charge in [0.1, 0.15) is 17.9 Å². The fraction of sp³-hybridized carbons (Fsp3) is 0.261. The first-order valence-electron chi connectivity index (χ1n) is 10.3. The summed E-state index contributed by atoms with van der Waals surface area (Å²) >= 11 is 0. The Balaban J connectivity index is 1.92. The number of hydrogen-bond acceptors (Lipinski definition) is 5. The van der Waals surface area contributed by atoms with Crippen LogP contribution in [0.4, 0.5) is 4.79 Å². The number of amides is 4. The van der Waals surface area contributed by atoms with Gasteiger partial charge in [-0.3, -0.25) is 24.7 Å². The maximum absolute atomic E-state index is 13.5. The molecule has 2 aromatic rings. The van der Waals surface area contributed by atoms with Gasteiger partial charge in [-0.2, -0.15) is 0 Å². The van der Waals surface area contributed by atoms with Crippen LogP contribution in [0.15, 0.2) is 54.6 Å². The quantitative estimate of drug-likeness (QED) is 0.255. The summed E-state index contributed by atoms with van der Waals surface area (Å²) in [6.07, 6.45) is -0.270. The summed E-state index contributed by atoms with van der Waals surface area (Å²) in [5.41, 5.74) is 5.92. The normalized spacial score (nSPS) is 17.8. The van der Waals surface area contributed by atoms with Crippen LogP contribution in [-0.2, 0) is 26.5 Å². The van der Waals surface area contributed by atoms with Crippen LogP contribution in [0.1, 0.15) is 30.0 Å². The van der Waals surface area contributed by atoms with Crippen molar-refractivity contribution in [1.29, 1.82) is 5.41 Å². The van der Waals surface area contributed by atoms with E-state index in [2.05, 4.69) is 5.32 Å². The molecule has 0 unspecified atom stereocenters. The largest absolute Gasteiger partial charge is 0.481 e. The molecule has 5 N–H and O–H groups in total. The third kappa shape index (κ3) is 4.84. The third-order valence-electron chi connectivity index (χ3n) is 5.57. The fourth-order valence-electron chi connectivity index (χ4n) is 3.70. The van der Waals surface area contributed by atoms with E-state index in [0.29, 0.717) is 11.1 Å². The molecule has 0 saturated carbocycles. The van der Waals surface area contributed by atoms with E-state index in [1.165, 1.54) is 4.90 Å². The minimum atomic E-state index is -1.40. The van der Waals surface area contributed by atoms with Crippen molar-refractivity contribution < 1.29 is 24.3 Å². The Morgan fingerprint density at radius 2 is 1.73 bits per heavy atom. The second-order valence-electron chi connectivity index (χ2n) is 7.80. The number of carbonyl (C=O) groups excluding carboxylic acids is 3. The molecule has 0 spiro atoms. The predicted octanol–water partition coefficient (Wildman–Crippen LogP) is 1.24. The number of nitrogens with zero attached hydrogens (tertiary/aromatic N) is 2. The standard InChI is InChI=1S/C23H25N5O5/c1-23(17-9-7-16(8-10-17)20(24)25)21(32)27(14-18(29)26-12-11-19(30)31)22(33)28(23)13-15-5-3-2-4-6-15/h2-10H,11-14H2,1H3,(H3,24,25)(H,26,29)(H,30,31)/t23-/m0/s1. The first kappa shape index (κ1) is 23.5. The van der Waals surface area contributed by atoms with Gasteiger partial charge in [0.15, 0.2) is 0 Å². The first-order chi connectivity index (χ1) is 15.6. The van der Waals surface area contributed by atoms with E-state index >= 15 is 0 Å². The molecule has 1 atom stereocenters. The Bertz CT molecular complexity index is 1090. The van der Waals surface area contributed by atoms with E-state index in [-0.39, 0.29) is 25.3 Å². The molecule has 0 radical (unpaired) electrons. The van der Waals surface area contributed by atoms with E-state index in [4.69, 9.17) is 16.2 Å². The third-order valence-corrected chi connectivity index (χ3v) is 5.57. The smallest absolute Gasteiger partial charge is 0.328 e. The molecule has 3 rings (SSSR count). The summed E-state index contributed by atoms with van der Waals surface area (Å²) in [6, 6.07) is 15.0. The van der Waals surface area contributed by atoms with E-state index in [0.717, 1.165) is 10.5 Å². The number of imide groups is 1. The lowest BCUT2D eigenvalue weighted by atomic mass is 9.89. The SMILES string of the molecule is C[C@]1(c2ccc(C(=N)N)cc2)C(=O)N(CC(=O)NCCC(=O)O)C(=O)N1Cc1ccccc1. The molecule has 2 aromatic carbocycles. The molecule has 0 aliphatic carbocycles. The highest BCUT2D eigenvalue weighted by molar-refractivity contribution is 6.09. The molecule has 1 saturated heterocycles. The second-order valence-corrected chi connectivity index (χ2v) is 7.80. The van der Waals surface area contributed by atoms with Crippen molar-refractivity contribution in [3.8, 4) is 0 Å². The number of amidine groups is 1. The van der Waals surface area contributed by atoms with Gasteiger partial charge < -0.3 is 21.1 Å². The molecule has 1 fully saturated rings. The van der Waals surface area contributed by atoms with Crippen LogP contribution >= 0.6 is 0 Å². The number of benzene rings is 2. The topological polar surface area (TPSA) is 157 Å². The number of aliphatic carboxylic acids is 1. The van der Waals surface area contributed by atoms with Crippen LogP contribution in [-0.4, -0.2) is 57.6 Å². The van der Waals surface area contributed by atoms with Crippen molar-refractivity contribution in [2.45, 2.75) is 25.4 Å². The number of urea groups is 1. The average molecular weight is 451 g/mol. The summed E-state index contributed by atoms with van der Waals surface area (Å²) in [5, 5.41) is 18.7. The van der Waals surface area contributed by atoms with E-state index in [1.807, 2.05) is 30.3 Å². The van der Waals surface area contributed by atoms with Crippen molar-refractivity contribution in [3.63, 3.8) is 0 Å². The summed E-state index contributed by atoms with van der Waals surface area (Å²) in [7, 11) is 0. The number of carboxylic acid groups (broad SMARTS) is 1. The number of hydrogen-bond donors (Lipinski definition) is 4. The molecule has 1 aliphatic rings. The predicted molar refractivity (Wildman–Crippen MR) is 119 cm³/mol. The number of nitrogen functional groups attached to an aromatic ring is 1. The van der Waals surface area contributed by atoms with Gasteiger partial charge >= 0.3 is 12.0 Å². The monoisotopic (exact) mass is 451 g/mol. The summed E-state index contributed by atoms with van der Waals surface area (Å²) < 4.78 is 0. The van der Waals surface area contributed by atoms with E-state index < -0.39 is 35.9 Å². The van der Waals surface area contributed by atoms with E-state index in [1.54, 1.807) is 31.2 Å².